The van der Waals surface area contributed by atoms with E-state index >= 15 is 0 Å². The molecule has 1 aliphatic carbocycles. The van der Waals surface area contributed by atoms with Crippen LogP contribution in [0.1, 0.15) is 37.7 Å². The molecule has 0 radical (unpaired) electrons. The number of halogens is 1. The van der Waals surface area contributed by atoms with Crippen LogP contribution in [0, 0.1) is 5.92 Å². The number of esters is 1. The van der Waals surface area contributed by atoms with E-state index in [1.54, 1.807) is 12.1 Å². The molecule has 1 amide bonds. The Kier molecular flexibility index (Phi) is 6.25. The van der Waals surface area contributed by atoms with E-state index < -0.39 is 12.0 Å². The summed E-state index contributed by atoms with van der Waals surface area (Å²) in [7, 11) is 1.34. The van der Waals surface area contributed by atoms with Crippen molar-refractivity contribution in [3.05, 3.63) is 34.9 Å². The molecule has 0 aliphatic heterocycles. The highest BCUT2D eigenvalue weighted by Gasteiger charge is 2.27. The first-order chi connectivity index (χ1) is 10.6. The Morgan fingerprint density at radius 1 is 1.23 bits per heavy atom. The summed E-state index contributed by atoms with van der Waals surface area (Å²) in [4.78, 5) is 24.3. The van der Waals surface area contributed by atoms with Crippen molar-refractivity contribution in [3.63, 3.8) is 0 Å². The summed E-state index contributed by atoms with van der Waals surface area (Å²) in [6.07, 6.45) is 5.56. The van der Waals surface area contributed by atoms with Gasteiger partial charge in [-0.2, -0.15) is 0 Å². The lowest BCUT2D eigenvalue weighted by Crippen LogP contribution is -2.45. The standard InChI is InChI=1S/C17H22ClNO3/c1-22-17(21)15(11-12-7-9-14(18)10-8-12)19-16(20)13-5-3-2-4-6-13/h7-10,13,15H,2-6,11H2,1H3,(H,19,20)/t15-/m1/s1. The van der Waals surface area contributed by atoms with E-state index in [2.05, 4.69) is 5.32 Å². The van der Waals surface area contributed by atoms with Crippen molar-refractivity contribution in [1.82, 2.24) is 5.32 Å². The van der Waals surface area contributed by atoms with Gasteiger partial charge in [0.25, 0.3) is 0 Å². The van der Waals surface area contributed by atoms with Gasteiger partial charge in [0.15, 0.2) is 0 Å². The van der Waals surface area contributed by atoms with Gasteiger partial charge in [-0.15, -0.1) is 0 Å². The number of rotatable bonds is 5. The highest BCUT2D eigenvalue weighted by atomic mass is 35.5. The van der Waals surface area contributed by atoms with Gasteiger partial charge in [-0.3, -0.25) is 4.79 Å². The van der Waals surface area contributed by atoms with Gasteiger partial charge in [0.2, 0.25) is 5.91 Å². The largest absolute Gasteiger partial charge is 0.467 e. The number of nitrogens with one attached hydrogen (secondary N) is 1. The van der Waals surface area contributed by atoms with Crippen molar-refractivity contribution >= 4 is 23.5 Å². The molecule has 120 valence electrons. The third-order valence-electron chi connectivity index (χ3n) is 4.13. The molecule has 0 saturated heterocycles. The normalized spacial score (nSPS) is 16.8. The first kappa shape index (κ1) is 16.8. The Morgan fingerprint density at radius 2 is 1.86 bits per heavy atom. The van der Waals surface area contributed by atoms with Crippen molar-refractivity contribution in [1.29, 1.82) is 0 Å². The third kappa shape index (κ3) is 4.73. The van der Waals surface area contributed by atoms with Crippen LogP contribution in [-0.4, -0.2) is 25.0 Å². The minimum atomic E-state index is -0.652. The molecular formula is C17H22ClNO3. The Balaban J connectivity index is 2.00. The van der Waals surface area contributed by atoms with Gasteiger partial charge in [-0.1, -0.05) is 43.0 Å². The molecule has 0 spiro atoms. The number of amides is 1. The monoisotopic (exact) mass is 323 g/mol. The minimum absolute atomic E-state index is 0.0196. The minimum Gasteiger partial charge on any atom is -0.467 e. The molecule has 0 heterocycles. The number of hydrogen-bond acceptors (Lipinski definition) is 3. The number of hydrogen-bond donors (Lipinski definition) is 1. The summed E-state index contributed by atoms with van der Waals surface area (Å²) in [6, 6.07) is 6.60. The van der Waals surface area contributed by atoms with Gasteiger partial charge in [-0.05, 0) is 30.5 Å². The molecule has 1 fully saturated rings. The summed E-state index contributed by atoms with van der Waals surface area (Å²) in [5, 5.41) is 3.50. The smallest absolute Gasteiger partial charge is 0.328 e. The fraction of sp³-hybridized carbons (Fsp3) is 0.529. The summed E-state index contributed by atoms with van der Waals surface area (Å²) in [6.45, 7) is 0. The predicted molar refractivity (Wildman–Crippen MR) is 85.7 cm³/mol. The second-order valence-electron chi connectivity index (χ2n) is 5.75. The van der Waals surface area contributed by atoms with Crippen molar-refractivity contribution in [2.45, 2.75) is 44.6 Å². The molecule has 1 aromatic carbocycles. The SMILES string of the molecule is COC(=O)[C@@H](Cc1ccc(Cl)cc1)NC(=O)C1CCCCC1. The molecule has 4 nitrogen and oxygen atoms in total. The maximum atomic E-state index is 12.3. The maximum absolute atomic E-state index is 12.3. The number of ether oxygens (including phenoxy) is 1. The van der Waals surface area contributed by atoms with E-state index in [0.717, 1.165) is 31.2 Å². The van der Waals surface area contributed by atoms with Crippen LogP contribution in [-0.2, 0) is 20.7 Å². The topological polar surface area (TPSA) is 55.4 Å². The Labute approximate surface area is 136 Å². The van der Waals surface area contributed by atoms with E-state index in [1.165, 1.54) is 13.5 Å². The molecule has 0 unspecified atom stereocenters. The number of methoxy groups -OCH3 is 1. The summed E-state index contributed by atoms with van der Waals surface area (Å²) in [5.74, 6) is -0.436. The third-order valence-corrected chi connectivity index (χ3v) is 4.38. The lowest BCUT2D eigenvalue weighted by Gasteiger charge is -2.24. The summed E-state index contributed by atoms with van der Waals surface area (Å²) >= 11 is 5.86. The van der Waals surface area contributed by atoms with Gasteiger partial charge in [0, 0.05) is 17.4 Å². The van der Waals surface area contributed by atoms with Crippen LogP contribution in [0.5, 0.6) is 0 Å². The Bertz CT molecular complexity index is 509. The van der Waals surface area contributed by atoms with Crippen LogP contribution >= 0.6 is 11.6 Å². The average Bonchev–Trinajstić information content (AvgIpc) is 2.56. The molecule has 1 atom stereocenters. The first-order valence-corrected chi connectivity index (χ1v) is 8.10. The fourth-order valence-corrected chi connectivity index (χ4v) is 2.97. The number of carbonyl (C=O) groups is 2. The molecule has 1 saturated carbocycles. The maximum Gasteiger partial charge on any atom is 0.328 e. The molecule has 2 rings (SSSR count). The summed E-state index contributed by atoms with van der Waals surface area (Å²) in [5.41, 5.74) is 0.934. The van der Waals surface area contributed by atoms with Gasteiger partial charge >= 0.3 is 5.97 Å². The van der Waals surface area contributed by atoms with Crippen LogP contribution in [0.4, 0.5) is 0 Å². The molecule has 1 N–H and O–H groups in total. The fourth-order valence-electron chi connectivity index (χ4n) is 2.85. The molecular weight excluding hydrogens is 302 g/mol. The van der Waals surface area contributed by atoms with E-state index in [9.17, 15) is 9.59 Å². The van der Waals surface area contributed by atoms with Gasteiger partial charge < -0.3 is 10.1 Å². The predicted octanol–water partition coefficient (Wildman–Crippen LogP) is 3.12. The lowest BCUT2D eigenvalue weighted by atomic mass is 9.88. The average molecular weight is 324 g/mol. The van der Waals surface area contributed by atoms with E-state index in [4.69, 9.17) is 16.3 Å². The van der Waals surface area contributed by atoms with Crippen LogP contribution in [0.25, 0.3) is 0 Å². The van der Waals surface area contributed by atoms with Gasteiger partial charge in [0.05, 0.1) is 7.11 Å². The molecule has 5 heteroatoms. The summed E-state index contributed by atoms with van der Waals surface area (Å²) < 4.78 is 4.82. The number of carbonyl (C=O) groups excluding carboxylic acids is 2. The second kappa shape index (κ2) is 8.18. The van der Waals surface area contributed by atoms with E-state index in [0.29, 0.717) is 11.4 Å². The Morgan fingerprint density at radius 3 is 2.45 bits per heavy atom. The van der Waals surface area contributed by atoms with Crippen molar-refractivity contribution in [2.24, 2.45) is 5.92 Å². The van der Waals surface area contributed by atoms with Crippen molar-refractivity contribution < 1.29 is 14.3 Å². The van der Waals surface area contributed by atoms with Crippen LogP contribution in [0.15, 0.2) is 24.3 Å². The lowest BCUT2D eigenvalue weighted by molar-refractivity contribution is -0.145. The second-order valence-corrected chi connectivity index (χ2v) is 6.19. The van der Waals surface area contributed by atoms with Crippen LogP contribution < -0.4 is 5.32 Å². The quantitative estimate of drug-likeness (QED) is 0.847. The van der Waals surface area contributed by atoms with Gasteiger partial charge in [0.1, 0.15) is 6.04 Å². The Hall–Kier alpha value is -1.55. The zero-order valence-electron chi connectivity index (χ0n) is 12.8. The zero-order valence-corrected chi connectivity index (χ0v) is 13.6. The van der Waals surface area contributed by atoms with E-state index in [1.807, 2.05) is 12.1 Å². The molecule has 22 heavy (non-hydrogen) atoms. The first-order valence-electron chi connectivity index (χ1n) is 7.73. The van der Waals surface area contributed by atoms with Crippen LogP contribution in [0.3, 0.4) is 0 Å². The highest BCUT2D eigenvalue weighted by Crippen LogP contribution is 2.24. The van der Waals surface area contributed by atoms with Crippen molar-refractivity contribution in [3.8, 4) is 0 Å². The number of benzene rings is 1. The highest BCUT2D eigenvalue weighted by molar-refractivity contribution is 6.30. The molecule has 0 aromatic heterocycles. The van der Waals surface area contributed by atoms with Crippen LogP contribution in [0.2, 0.25) is 5.02 Å². The molecule has 1 aliphatic rings. The van der Waals surface area contributed by atoms with E-state index in [-0.39, 0.29) is 11.8 Å². The van der Waals surface area contributed by atoms with Crippen molar-refractivity contribution in [2.75, 3.05) is 7.11 Å². The molecule has 0 bridgehead atoms. The molecule has 1 aromatic rings. The zero-order chi connectivity index (χ0) is 15.9. The van der Waals surface area contributed by atoms with Gasteiger partial charge in [-0.25, -0.2) is 4.79 Å².